The predicted molar refractivity (Wildman–Crippen MR) is 192 cm³/mol. The van der Waals surface area contributed by atoms with Crippen molar-refractivity contribution in [2.45, 2.75) is 0 Å². The quantitative estimate of drug-likeness (QED) is 0.197. The van der Waals surface area contributed by atoms with Gasteiger partial charge in [0.15, 0.2) is 17.5 Å². The number of para-hydroxylation sites is 2. The maximum absolute atomic E-state index is 6.36. The number of benzene rings is 7. The summed E-state index contributed by atoms with van der Waals surface area (Å²) in [7, 11) is 0. The number of hydrogen-bond acceptors (Lipinski definition) is 4. The summed E-state index contributed by atoms with van der Waals surface area (Å²) < 4.78 is 6.36. The minimum Gasteiger partial charge on any atom is -0.455 e. The molecule has 0 aliphatic carbocycles. The Balaban J connectivity index is 1.14. The van der Waals surface area contributed by atoms with Crippen LogP contribution < -0.4 is 0 Å². The molecular formula is C43H27N3O. The average molecular weight is 602 g/mol. The number of hydrogen-bond donors (Lipinski definition) is 0. The fourth-order valence-corrected chi connectivity index (χ4v) is 6.41. The summed E-state index contributed by atoms with van der Waals surface area (Å²) in [6.45, 7) is 0. The molecule has 0 aliphatic heterocycles. The van der Waals surface area contributed by atoms with E-state index in [2.05, 4.69) is 97.1 Å². The van der Waals surface area contributed by atoms with E-state index in [0.29, 0.717) is 17.5 Å². The van der Waals surface area contributed by atoms with E-state index >= 15 is 0 Å². The van der Waals surface area contributed by atoms with Gasteiger partial charge < -0.3 is 4.42 Å². The van der Waals surface area contributed by atoms with Crippen molar-refractivity contribution >= 4 is 32.7 Å². The zero-order valence-electron chi connectivity index (χ0n) is 25.3. The van der Waals surface area contributed by atoms with Crippen molar-refractivity contribution in [3.8, 4) is 56.4 Å². The van der Waals surface area contributed by atoms with E-state index in [1.165, 1.54) is 27.5 Å². The fourth-order valence-electron chi connectivity index (χ4n) is 6.41. The number of furan rings is 1. The van der Waals surface area contributed by atoms with E-state index in [1.807, 2.05) is 66.7 Å². The molecule has 2 aromatic heterocycles. The first-order valence-corrected chi connectivity index (χ1v) is 15.7. The lowest BCUT2D eigenvalue weighted by Gasteiger charge is -2.11. The van der Waals surface area contributed by atoms with E-state index in [9.17, 15) is 0 Å². The molecule has 0 bridgehead atoms. The van der Waals surface area contributed by atoms with Gasteiger partial charge in [0.25, 0.3) is 0 Å². The molecule has 0 amide bonds. The Hall–Kier alpha value is -6.39. The van der Waals surface area contributed by atoms with Gasteiger partial charge in [0, 0.05) is 21.9 Å². The van der Waals surface area contributed by atoms with Gasteiger partial charge in [0.2, 0.25) is 0 Å². The molecule has 0 saturated heterocycles. The van der Waals surface area contributed by atoms with Crippen LogP contribution in [0.1, 0.15) is 0 Å². The standard InChI is InChI=1S/C43H27N3O/c1-3-11-28(12-4-1)32-25-26-35-33(27-32)15-9-17-34(35)29-21-23-31(24-22-29)42-44-41(30-13-5-2-6-14-30)45-43(46-42)38-19-10-18-37-36-16-7-8-20-39(36)47-40(37)38/h1-27H. The van der Waals surface area contributed by atoms with Crippen LogP contribution in [-0.4, -0.2) is 15.0 Å². The maximum atomic E-state index is 6.36. The predicted octanol–water partition coefficient (Wildman–Crippen LogP) is 11.3. The van der Waals surface area contributed by atoms with Crippen molar-refractivity contribution in [3.05, 3.63) is 164 Å². The largest absolute Gasteiger partial charge is 0.455 e. The van der Waals surface area contributed by atoms with Crippen LogP contribution in [0.2, 0.25) is 0 Å². The summed E-state index contributed by atoms with van der Waals surface area (Å²) in [5, 5.41) is 4.54. The van der Waals surface area contributed by atoms with Crippen LogP contribution in [0.25, 0.3) is 89.1 Å². The molecule has 0 spiro atoms. The van der Waals surface area contributed by atoms with Gasteiger partial charge in [0.1, 0.15) is 11.2 Å². The Labute approximate surface area is 271 Å². The highest BCUT2D eigenvalue weighted by molar-refractivity contribution is 6.09. The van der Waals surface area contributed by atoms with E-state index in [1.54, 1.807) is 0 Å². The van der Waals surface area contributed by atoms with Gasteiger partial charge in [-0.15, -0.1) is 0 Å². The summed E-state index contributed by atoms with van der Waals surface area (Å²) in [6.07, 6.45) is 0. The molecule has 0 radical (unpaired) electrons. The smallest absolute Gasteiger partial charge is 0.167 e. The zero-order valence-corrected chi connectivity index (χ0v) is 25.3. The Bertz CT molecular complexity index is 2550. The summed E-state index contributed by atoms with van der Waals surface area (Å²) >= 11 is 0. The van der Waals surface area contributed by atoms with Crippen molar-refractivity contribution < 1.29 is 4.42 Å². The van der Waals surface area contributed by atoms with Crippen molar-refractivity contribution in [1.82, 2.24) is 15.0 Å². The highest BCUT2D eigenvalue weighted by Gasteiger charge is 2.17. The highest BCUT2D eigenvalue weighted by atomic mass is 16.3. The van der Waals surface area contributed by atoms with Crippen LogP contribution in [0.3, 0.4) is 0 Å². The third-order valence-corrected chi connectivity index (χ3v) is 8.75. The molecule has 47 heavy (non-hydrogen) atoms. The first-order chi connectivity index (χ1) is 23.3. The van der Waals surface area contributed by atoms with Gasteiger partial charge in [-0.05, 0) is 51.2 Å². The Morgan fingerprint density at radius 1 is 0.340 bits per heavy atom. The Morgan fingerprint density at radius 3 is 1.70 bits per heavy atom. The number of aromatic nitrogens is 3. The summed E-state index contributed by atoms with van der Waals surface area (Å²) in [6, 6.07) is 56.5. The number of fused-ring (bicyclic) bond motifs is 4. The molecule has 0 unspecified atom stereocenters. The van der Waals surface area contributed by atoms with Gasteiger partial charge in [-0.25, -0.2) is 15.0 Å². The molecule has 4 nitrogen and oxygen atoms in total. The number of nitrogens with zero attached hydrogens (tertiary/aromatic N) is 3. The van der Waals surface area contributed by atoms with Gasteiger partial charge >= 0.3 is 0 Å². The second-order valence-electron chi connectivity index (χ2n) is 11.6. The lowest BCUT2D eigenvalue weighted by Crippen LogP contribution is -2.00. The molecule has 0 N–H and O–H groups in total. The van der Waals surface area contributed by atoms with Crippen molar-refractivity contribution in [3.63, 3.8) is 0 Å². The van der Waals surface area contributed by atoms with E-state index in [4.69, 9.17) is 19.4 Å². The minimum absolute atomic E-state index is 0.575. The third kappa shape index (κ3) is 4.84. The molecule has 0 fully saturated rings. The van der Waals surface area contributed by atoms with Crippen molar-refractivity contribution in [1.29, 1.82) is 0 Å². The molecule has 0 saturated carbocycles. The monoisotopic (exact) mass is 601 g/mol. The van der Waals surface area contributed by atoms with Crippen LogP contribution in [0, 0.1) is 0 Å². The van der Waals surface area contributed by atoms with Gasteiger partial charge in [-0.1, -0.05) is 146 Å². The van der Waals surface area contributed by atoms with Crippen LogP contribution in [0.15, 0.2) is 168 Å². The lowest BCUT2D eigenvalue weighted by atomic mass is 9.95. The van der Waals surface area contributed by atoms with Crippen LogP contribution >= 0.6 is 0 Å². The highest BCUT2D eigenvalue weighted by Crippen LogP contribution is 2.36. The molecule has 0 atom stereocenters. The second kappa shape index (κ2) is 11.2. The molecule has 9 rings (SSSR count). The normalized spacial score (nSPS) is 11.4. The van der Waals surface area contributed by atoms with Crippen molar-refractivity contribution in [2.24, 2.45) is 0 Å². The summed E-state index contributed by atoms with van der Waals surface area (Å²) in [4.78, 5) is 15.0. The first kappa shape index (κ1) is 27.0. The topological polar surface area (TPSA) is 51.8 Å². The van der Waals surface area contributed by atoms with Crippen molar-refractivity contribution in [2.75, 3.05) is 0 Å². The van der Waals surface area contributed by atoms with E-state index in [-0.39, 0.29) is 0 Å². The summed E-state index contributed by atoms with van der Waals surface area (Å²) in [5.41, 5.74) is 9.04. The Kier molecular flexibility index (Phi) is 6.43. The average Bonchev–Trinajstić information content (AvgIpc) is 3.54. The van der Waals surface area contributed by atoms with E-state index < -0.39 is 0 Å². The van der Waals surface area contributed by atoms with Gasteiger partial charge in [0.05, 0.1) is 5.56 Å². The molecule has 7 aromatic carbocycles. The maximum Gasteiger partial charge on any atom is 0.167 e. The fraction of sp³-hybridized carbons (Fsp3) is 0. The first-order valence-electron chi connectivity index (χ1n) is 15.7. The van der Waals surface area contributed by atoms with Crippen LogP contribution in [-0.2, 0) is 0 Å². The van der Waals surface area contributed by atoms with Gasteiger partial charge in [-0.2, -0.15) is 0 Å². The zero-order chi connectivity index (χ0) is 31.2. The molecular weight excluding hydrogens is 574 g/mol. The molecule has 2 heterocycles. The number of rotatable bonds is 5. The lowest BCUT2D eigenvalue weighted by molar-refractivity contribution is 0.669. The van der Waals surface area contributed by atoms with Crippen LogP contribution in [0.4, 0.5) is 0 Å². The van der Waals surface area contributed by atoms with Gasteiger partial charge in [-0.3, -0.25) is 0 Å². The SMILES string of the molecule is c1ccc(-c2ccc3c(-c4ccc(-c5nc(-c6ccccc6)nc(-c6cccc7c6oc6ccccc67)n5)cc4)cccc3c2)cc1. The van der Waals surface area contributed by atoms with E-state index in [0.717, 1.165) is 44.2 Å². The Morgan fingerprint density at radius 2 is 0.915 bits per heavy atom. The second-order valence-corrected chi connectivity index (χ2v) is 11.6. The molecule has 4 heteroatoms. The van der Waals surface area contributed by atoms with Crippen LogP contribution in [0.5, 0.6) is 0 Å². The molecule has 220 valence electrons. The summed E-state index contributed by atoms with van der Waals surface area (Å²) in [5.74, 6) is 1.80. The molecule has 9 aromatic rings. The third-order valence-electron chi connectivity index (χ3n) is 8.75. The molecule has 0 aliphatic rings. The minimum atomic E-state index is 0.575.